The lowest BCUT2D eigenvalue weighted by atomic mass is 10.2. The SMILES string of the molecule is CCN(CC)C(=S)SCCOCC(C)C. The van der Waals surface area contributed by atoms with Gasteiger partial charge in [-0.3, -0.25) is 0 Å². The lowest BCUT2D eigenvalue weighted by Gasteiger charge is -2.20. The topological polar surface area (TPSA) is 12.5 Å². The number of hydrogen-bond acceptors (Lipinski definition) is 3. The van der Waals surface area contributed by atoms with Crippen LogP contribution < -0.4 is 0 Å². The zero-order chi connectivity index (χ0) is 11.7. The van der Waals surface area contributed by atoms with Gasteiger partial charge in [0.2, 0.25) is 0 Å². The Balaban J connectivity index is 3.46. The van der Waals surface area contributed by atoms with E-state index in [1.165, 1.54) is 0 Å². The van der Waals surface area contributed by atoms with E-state index in [4.69, 9.17) is 17.0 Å². The van der Waals surface area contributed by atoms with Gasteiger partial charge in [0.05, 0.1) is 6.61 Å². The summed E-state index contributed by atoms with van der Waals surface area (Å²) < 4.78 is 6.49. The highest BCUT2D eigenvalue weighted by Crippen LogP contribution is 2.09. The predicted molar refractivity (Wildman–Crippen MR) is 73.6 cm³/mol. The molecule has 15 heavy (non-hydrogen) atoms. The van der Waals surface area contributed by atoms with Crippen molar-refractivity contribution in [2.75, 3.05) is 32.1 Å². The van der Waals surface area contributed by atoms with Crippen LogP contribution in [0.1, 0.15) is 27.7 Å². The Hall–Kier alpha value is 0.200. The Morgan fingerprint density at radius 3 is 2.40 bits per heavy atom. The van der Waals surface area contributed by atoms with Crippen LogP contribution >= 0.6 is 24.0 Å². The summed E-state index contributed by atoms with van der Waals surface area (Å²) in [5.74, 6) is 1.58. The summed E-state index contributed by atoms with van der Waals surface area (Å²) in [5.41, 5.74) is 0. The minimum absolute atomic E-state index is 0.615. The average Bonchev–Trinajstić information content (AvgIpc) is 2.18. The number of ether oxygens (including phenoxy) is 1. The second-order valence-corrected chi connectivity index (χ2v) is 5.48. The molecule has 0 N–H and O–H groups in total. The van der Waals surface area contributed by atoms with E-state index in [2.05, 4.69) is 32.6 Å². The normalized spacial score (nSPS) is 10.7. The lowest BCUT2D eigenvalue weighted by molar-refractivity contribution is 0.124. The maximum absolute atomic E-state index is 5.49. The highest BCUT2D eigenvalue weighted by molar-refractivity contribution is 8.22. The molecule has 0 aromatic heterocycles. The molecule has 0 fully saturated rings. The molecule has 0 aliphatic rings. The van der Waals surface area contributed by atoms with Crippen molar-refractivity contribution >= 4 is 28.3 Å². The van der Waals surface area contributed by atoms with Gasteiger partial charge in [0.15, 0.2) is 0 Å². The van der Waals surface area contributed by atoms with Crippen molar-refractivity contribution in [1.29, 1.82) is 0 Å². The fourth-order valence-electron chi connectivity index (χ4n) is 1.08. The molecule has 0 bridgehead atoms. The molecule has 0 heterocycles. The Kier molecular flexibility index (Phi) is 9.55. The molecular weight excluding hydrogens is 226 g/mol. The Labute approximate surface area is 104 Å². The summed E-state index contributed by atoms with van der Waals surface area (Å²) in [4.78, 5) is 2.20. The second-order valence-electron chi connectivity index (χ2n) is 3.76. The van der Waals surface area contributed by atoms with Crippen LogP contribution in [-0.2, 0) is 4.74 Å². The van der Waals surface area contributed by atoms with Crippen LogP contribution in [0.3, 0.4) is 0 Å². The summed E-state index contributed by atoms with van der Waals surface area (Å²) in [5, 5.41) is 0. The molecule has 0 aromatic rings. The molecule has 90 valence electrons. The van der Waals surface area contributed by atoms with Crippen molar-refractivity contribution in [3.05, 3.63) is 0 Å². The van der Waals surface area contributed by atoms with Crippen molar-refractivity contribution in [1.82, 2.24) is 4.90 Å². The standard InChI is InChI=1S/C11H23NOS2/c1-5-12(6-2)11(14)15-8-7-13-9-10(3)4/h10H,5-9H2,1-4H3. The van der Waals surface area contributed by atoms with Gasteiger partial charge in [-0.05, 0) is 19.8 Å². The minimum Gasteiger partial charge on any atom is -0.380 e. The van der Waals surface area contributed by atoms with Crippen molar-refractivity contribution in [2.24, 2.45) is 5.92 Å². The van der Waals surface area contributed by atoms with Crippen molar-refractivity contribution < 1.29 is 4.74 Å². The highest BCUT2D eigenvalue weighted by atomic mass is 32.2. The van der Waals surface area contributed by atoms with E-state index in [0.717, 1.165) is 36.4 Å². The van der Waals surface area contributed by atoms with E-state index < -0.39 is 0 Å². The summed E-state index contributed by atoms with van der Waals surface area (Å²) >= 11 is 7.03. The van der Waals surface area contributed by atoms with Gasteiger partial charge in [0.25, 0.3) is 0 Å². The second kappa shape index (κ2) is 9.43. The molecule has 4 heteroatoms. The first-order valence-corrected chi connectivity index (χ1v) is 7.00. The van der Waals surface area contributed by atoms with Gasteiger partial charge in [-0.15, -0.1) is 0 Å². The molecule has 0 aliphatic carbocycles. The molecule has 0 aromatic carbocycles. The van der Waals surface area contributed by atoms with Gasteiger partial charge >= 0.3 is 0 Å². The first-order chi connectivity index (χ1) is 7.11. The van der Waals surface area contributed by atoms with Gasteiger partial charge < -0.3 is 9.64 Å². The molecule has 0 unspecified atom stereocenters. The highest BCUT2D eigenvalue weighted by Gasteiger charge is 2.05. The van der Waals surface area contributed by atoms with Gasteiger partial charge in [0.1, 0.15) is 4.32 Å². The summed E-state index contributed by atoms with van der Waals surface area (Å²) in [6.07, 6.45) is 0. The zero-order valence-electron chi connectivity index (χ0n) is 10.3. The predicted octanol–water partition coefficient (Wildman–Crippen LogP) is 3.02. The quantitative estimate of drug-likeness (QED) is 0.508. The first-order valence-electron chi connectivity index (χ1n) is 5.61. The molecule has 0 radical (unpaired) electrons. The lowest BCUT2D eigenvalue weighted by Crippen LogP contribution is -2.27. The van der Waals surface area contributed by atoms with E-state index in [-0.39, 0.29) is 0 Å². The van der Waals surface area contributed by atoms with Gasteiger partial charge in [0, 0.05) is 25.4 Å². The van der Waals surface area contributed by atoms with Gasteiger partial charge in [-0.25, -0.2) is 0 Å². The average molecular weight is 249 g/mol. The molecule has 0 saturated carbocycles. The monoisotopic (exact) mass is 249 g/mol. The van der Waals surface area contributed by atoms with E-state index in [1.54, 1.807) is 11.8 Å². The number of thioether (sulfide) groups is 1. The Bertz CT molecular complexity index is 170. The fourth-order valence-corrected chi connectivity index (χ4v) is 2.40. The van der Waals surface area contributed by atoms with Crippen molar-refractivity contribution in [2.45, 2.75) is 27.7 Å². The van der Waals surface area contributed by atoms with Crippen LogP contribution in [0.4, 0.5) is 0 Å². The van der Waals surface area contributed by atoms with Crippen molar-refractivity contribution in [3.8, 4) is 0 Å². The van der Waals surface area contributed by atoms with Crippen LogP contribution in [-0.4, -0.2) is 41.3 Å². The summed E-state index contributed by atoms with van der Waals surface area (Å²) in [6, 6.07) is 0. The molecule has 2 nitrogen and oxygen atoms in total. The first kappa shape index (κ1) is 15.2. The molecular formula is C11H23NOS2. The van der Waals surface area contributed by atoms with Gasteiger partial charge in [-0.1, -0.05) is 37.8 Å². The van der Waals surface area contributed by atoms with Crippen LogP contribution in [0, 0.1) is 5.92 Å². The smallest absolute Gasteiger partial charge is 0.136 e. The Morgan fingerprint density at radius 2 is 1.93 bits per heavy atom. The fraction of sp³-hybridized carbons (Fsp3) is 0.909. The van der Waals surface area contributed by atoms with Crippen LogP contribution in [0.5, 0.6) is 0 Å². The van der Waals surface area contributed by atoms with Crippen molar-refractivity contribution in [3.63, 3.8) is 0 Å². The minimum atomic E-state index is 0.615. The molecule has 0 saturated heterocycles. The number of thiocarbonyl (C=S) groups is 1. The van der Waals surface area contributed by atoms with E-state index in [1.807, 2.05) is 0 Å². The molecule has 0 rings (SSSR count). The van der Waals surface area contributed by atoms with E-state index in [9.17, 15) is 0 Å². The third-order valence-corrected chi connectivity index (χ3v) is 3.41. The Morgan fingerprint density at radius 1 is 1.33 bits per heavy atom. The zero-order valence-corrected chi connectivity index (χ0v) is 11.9. The van der Waals surface area contributed by atoms with Crippen LogP contribution in [0.25, 0.3) is 0 Å². The maximum Gasteiger partial charge on any atom is 0.136 e. The molecule has 0 aliphatic heterocycles. The molecule has 0 amide bonds. The number of hydrogen-bond donors (Lipinski definition) is 0. The van der Waals surface area contributed by atoms with Crippen LogP contribution in [0.15, 0.2) is 0 Å². The number of nitrogens with zero attached hydrogens (tertiary/aromatic N) is 1. The number of rotatable bonds is 7. The summed E-state index contributed by atoms with van der Waals surface area (Å²) in [7, 11) is 0. The molecule has 0 atom stereocenters. The van der Waals surface area contributed by atoms with Gasteiger partial charge in [-0.2, -0.15) is 0 Å². The molecule has 0 spiro atoms. The summed E-state index contributed by atoms with van der Waals surface area (Å²) in [6.45, 7) is 12.2. The third-order valence-electron chi connectivity index (χ3n) is 1.93. The van der Waals surface area contributed by atoms with E-state index >= 15 is 0 Å². The third kappa shape index (κ3) is 8.05. The largest absolute Gasteiger partial charge is 0.380 e. The van der Waals surface area contributed by atoms with E-state index in [0.29, 0.717) is 5.92 Å². The maximum atomic E-state index is 5.49. The van der Waals surface area contributed by atoms with Crippen LogP contribution in [0.2, 0.25) is 0 Å².